The van der Waals surface area contributed by atoms with E-state index in [0.717, 1.165) is 51.4 Å². The summed E-state index contributed by atoms with van der Waals surface area (Å²) in [5, 5.41) is 0. The monoisotopic (exact) mass is 872 g/mol. The maximum Gasteiger partial charge on any atom is 2.00 e. The molecule has 8 nitrogen and oxygen atoms in total. The molecule has 0 spiro atoms. The summed E-state index contributed by atoms with van der Waals surface area (Å²) in [5.74, 6) is 0.740. The molecule has 0 saturated heterocycles. The Morgan fingerprint density at radius 3 is 1.52 bits per heavy atom. The SMILES string of the molecule is C=CC(CC[C@@H]1CC(C(=O)OC(C)(C)C)C(C)(C)C1)NS(=O)C(C)(C)C.CC(C)(C)OC(=O)C1C[C@@H](CCC=NS(=O)C(C)(C)C)CC1(C)C.[Br-].[CH-]=C.[Mg+2]. The summed E-state index contributed by atoms with van der Waals surface area (Å²) in [6.07, 6.45) is 11.1. The molecule has 0 aromatic rings. The first-order valence-electron chi connectivity index (χ1n) is 19.0. The van der Waals surface area contributed by atoms with Crippen molar-refractivity contribution in [1.82, 2.24) is 4.72 Å². The normalized spacial score (nSPS) is 23.9. The van der Waals surface area contributed by atoms with Crippen molar-refractivity contribution < 1.29 is 44.5 Å². The van der Waals surface area contributed by atoms with Gasteiger partial charge in [-0.15, -0.1) is 6.58 Å². The van der Waals surface area contributed by atoms with Crippen LogP contribution >= 0.6 is 0 Å². The average molecular weight is 874 g/mol. The molecule has 312 valence electrons. The van der Waals surface area contributed by atoms with E-state index in [4.69, 9.17) is 9.47 Å². The Bertz CT molecular complexity index is 1250. The maximum atomic E-state index is 12.6. The van der Waals surface area contributed by atoms with E-state index in [0.29, 0.717) is 11.8 Å². The van der Waals surface area contributed by atoms with Gasteiger partial charge in [0.25, 0.3) is 0 Å². The van der Waals surface area contributed by atoms with Crippen LogP contribution in [0.1, 0.15) is 162 Å². The van der Waals surface area contributed by atoms with Crippen molar-refractivity contribution in [2.75, 3.05) is 0 Å². The fourth-order valence-corrected chi connectivity index (χ4v) is 8.20. The number of halogens is 1. The first-order chi connectivity index (χ1) is 23.4. The Labute approximate surface area is 363 Å². The summed E-state index contributed by atoms with van der Waals surface area (Å²) >= 11 is 0. The zero-order valence-electron chi connectivity index (χ0n) is 37.0. The second-order valence-corrected chi connectivity index (χ2v) is 23.8. The predicted molar refractivity (Wildman–Crippen MR) is 227 cm³/mol. The van der Waals surface area contributed by atoms with Gasteiger partial charge in [0.1, 0.15) is 22.2 Å². The van der Waals surface area contributed by atoms with Gasteiger partial charge in [-0.2, -0.15) is 4.40 Å². The van der Waals surface area contributed by atoms with E-state index >= 15 is 0 Å². The molecule has 0 radical (unpaired) electrons. The molecule has 0 aliphatic heterocycles. The number of nitrogens with one attached hydrogen (secondary N) is 1. The molecule has 2 saturated carbocycles. The van der Waals surface area contributed by atoms with Crippen LogP contribution in [0.5, 0.6) is 0 Å². The minimum absolute atomic E-state index is 0. The minimum atomic E-state index is -1.19. The third-order valence-corrected chi connectivity index (χ3v) is 12.4. The smallest absolute Gasteiger partial charge is 1.00 e. The van der Waals surface area contributed by atoms with Crippen LogP contribution in [0.15, 0.2) is 23.6 Å². The molecule has 2 aliphatic rings. The van der Waals surface area contributed by atoms with E-state index in [9.17, 15) is 18.0 Å². The zero-order chi connectivity index (χ0) is 41.1. The van der Waals surface area contributed by atoms with Crippen molar-refractivity contribution in [3.63, 3.8) is 0 Å². The fraction of sp³-hybridized carbons (Fsp3) is 0.833. The van der Waals surface area contributed by atoms with Crippen LogP contribution < -0.4 is 21.7 Å². The molecular weight excluding hydrogens is 797 g/mol. The van der Waals surface area contributed by atoms with Gasteiger partial charge in [0.05, 0.1) is 32.3 Å². The number of ether oxygens (including phenoxy) is 2. The summed E-state index contributed by atoms with van der Waals surface area (Å²) in [4.78, 5) is 25.0. The fourth-order valence-electron chi connectivity index (χ4n) is 6.80. The van der Waals surface area contributed by atoms with Gasteiger partial charge in [-0.3, -0.25) is 16.2 Å². The van der Waals surface area contributed by atoms with Crippen LogP contribution in [0.2, 0.25) is 0 Å². The quantitative estimate of drug-likeness (QED) is 0.0770. The first-order valence-corrected chi connectivity index (χ1v) is 21.3. The molecular formula is C42H77BrMgN2O6S2. The van der Waals surface area contributed by atoms with E-state index in [1.165, 1.54) is 0 Å². The topological polar surface area (TPSA) is 111 Å². The number of hydrogen-bond acceptors (Lipinski definition) is 6. The molecule has 54 heavy (non-hydrogen) atoms. The summed E-state index contributed by atoms with van der Waals surface area (Å²) in [7, 11) is -2.29. The van der Waals surface area contributed by atoms with Crippen molar-refractivity contribution in [3.8, 4) is 0 Å². The number of hydrogen-bond donors (Lipinski definition) is 1. The summed E-state index contributed by atoms with van der Waals surface area (Å²) < 4.78 is 42.1. The third-order valence-electron chi connectivity index (χ3n) is 9.42. The second-order valence-electron chi connectivity index (χ2n) is 19.9. The number of carbonyl (C=O) groups is 2. The molecule has 0 heterocycles. The molecule has 2 rings (SSSR count). The van der Waals surface area contributed by atoms with E-state index in [1.807, 2.05) is 89.2 Å². The summed E-state index contributed by atoms with van der Waals surface area (Å²) in [5.41, 5.74) is -0.953. The van der Waals surface area contributed by atoms with Gasteiger partial charge >= 0.3 is 35.0 Å². The van der Waals surface area contributed by atoms with Gasteiger partial charge in [-0.25, -0.2) is 13.1 Å². The molecule has 5 unspecified atom stereocenters. The van der Waals surface area contributed by atoms with Gasteiger partial charge in [-0.05, 0) is 157 Å². The van der Waals surface area contributed by atoms with Crippen molar-refractivity contribution in [1.29, 1.82) is 0 Å². The van der Waals surface area contributed by atoms with Crippen molar-refractivity contribution >= 4 is 63.2 Å². The largest absolute Gasteiger partial charge is 2.00 e. The van der Waals surface area contributed by atoms with Crippen LogP contribution in [0.4, 0.5) is 0 Å². The van der Waals surface area contributed by atoms with E-state index < -0.39 is 33.2 Å². The zero-order valence-corrected chi connectivity index (χ0v) is 41.6. The van der Waals surface area contributed by atoms with Crippen molar-refractivity contribution in [2.24, 2.45) is 38.9 Å². The molecule has 0 aromatic carbocycles. The van der Waals surface area contributed by atoms with E-state index in [1.54, 1.807) is 6.21 Å². The van der Waals surface area contributed by atoms with Crippen LogP contribution in [0.25, 0.3) is 0 Å². The second kappa shape index (κ2) is 23.9. The van der Waals surface area contributed by atoms with Crippen molar-refractivity contribution in [3.05, 3.63) is 25.8 Å². The molecule has 0 amide bonds. The Hall–Kier alpha value is -0.404. The third kappa shape index (κ3) is 21.9. The number of rotatable bonds is 12. The van der Waals surface area contributed by atoms with Crippen LogP contribution in [-0.4, -0.2) is 76.4 Å². The molecule has 12 heteroatoms. The van der Waals surface area contributed by atoms with Gasteiger partial charge in [0.2, 0.25) is 0 Å². The maximum absolute atomic E-state index is 12.6. The number of esters is 2. The summed E-state index contributed by atoms with van der Waals surface area (Å²) in [6, 6.07) is 0.0266. The van der Waals surface area contributed by atoms with Crippen LogP contribution in [0, 0.1) is 41.1 Å². The molecule has 1 N–H and O–H groups in total. The molecule has 2 aliphatic carbocycles. The van der Waals surface area contributed by atoms with E-state index in [2.05, 4.69) is 56.6 Å². The average Bonchev–Trinajstić information content (AvgIpc) is 3.45. The van der Waals surface area contributed by atoms with Gasteiger partial charge in [0.15, 0.2) is 0 Å². The Morgan fingerprint density at radius 1 is 0.796 bits per heavy atom. The molecule has 0 bridgehead atoms. The standard InChI is InChI=1S/C21H39NO3S.C19H35NO3S.C2H3.BrH.Mg/c1-10-16(22-26(24)20(5,6)7)12-11-15-13-17(21(8,9)14-15)18(23)25-19(2,3)4;1-17(2,3)23-16(21)15-12-14(13-19(15,7)8)10-9-11-20-24(22)18(4,5)6;1-2;;/h10,15-17,22H,1,11-14H2,2-9H3;11,14-15H,9-10,12-13H2,1-8H3;1H,2H2;1H;/q;;-1;;+2/p-1/t15-,16?,17?,26?;14-,15?,24?;;;/m11.../s1. The minimum Gasteiger partial charge on any atom is -1.00 e. The molecule has 2 fully saturated rings. The number of carbonyl (C=O) groups excluding carboxylic acids is 2. The Morgan fingerprint density at radius 2 is 1.19 bits per heavy atom. The van der Waals surface area contributed by atoms with Crippen LogP contribution in [-0.2, 0) is 41.0 Å². The van der Waals surface area contributed by atoms with E-state index in [-0.39, 0.29) is 90.2 Å². The Balaban J connectivity index is -0.000000891. The molecule has 0 aromatic heterocycles. The predicted octanol–water partition coefficient (Wildman–Crippen LogP) is 6.69. The van der Waals surface area contributed by atoms with Gasteiger partial charge in [0, 0.05) is 12.3 Å². The summed E-state index contributed by atoms with van der Waals surface area (Å²) in [6.45, 7) is 42.7. The Kier molecular flexibility index (Phi) is 25.6. The molecule has 7 atom stereocenters. The first kappa shape index (κ1) is 57.9. The van der Waals surface area contributed by atoms with Gasteiger partial charge in [-0.1, -0.05) is 33.8 Å². The van der Waals surface area contributed by atoms with Crippen molar-refractivity contribution in [2.45, 2.75) is 189 Å². The van der Waals surface area contributed by atoms with Gasteiger partial charge < -0.3 is 33.0 Å². The van der Waals surface area contributed by atoms with Crippen LogP contribution in [0.3, 0.4) is 0 Å². The number of nitrogens with zero attached hydrogens (tertiary/aromatic N) is 1.